The molecule has 0 amide bonds. The predicted octanol–water partition coefficient (Wildman–Crippen LogP) is 1.58. The molecular formula is C12H19N3OS. The standard InChI is InChI=1S/C12H19N3OS/c1-3-15(7-8-16-4-2)11-9-10(12(13)17)5-6-14-11/h5-6,9H,3-4,7-8H2,1-2H3,(H2,13,17). The van der Waals surface area contributed by atoms with Gasteiger partial charge in [0, 0.05) is 31.5 Å². The third-order valence-corrected chi connectivity index (χ3v) is 2.68. The predicted molar refractivity (Wildman–Crippen MR) is 74.5 cm³/mol. The normalized spacial score (nSPS) is 10.2. The number of aromatic nitrogens is 1. The van der Waals surface area contributed by atoms with Crippen LogP contribution in [0.4, 0.5) is 5.82 Å². The average molecular weight is 253 g/mol. The van der Waals surface area contributed by atoms with Gasteiger partial charge >= 0.3 is 0 Å². The molecule has 1 rings (SSSR count). The summed E-state index contributed by atoms with van der Waals surface area (Å²) in [7, 11) is 0. The highest BCUT2D eigenvalue weighted by Gasteiger charge is 2.07. The summed E-state index contributed by atoms with van der Waals surface area (Å²) in [6.45, 7) is 7.20. The Bertz CT molecular complexity index is 371. The van der Waals surface area contributed by atoms with Gasteiger partial charge in [0.05, 0.1) is 6.61 Å². The summed E-state index contributed by atoms with van der Waals surface area (Å²) in [6.07, 6.45) is 1.73. The number of thiocarbonyl (C=S) groups is 1. The summed E-state index contributed by atoms with van der Waals surface area (Å²) < 4.78 is 5.35. The zero-order valence-electron chi connectivity index (χ0n) is 10.3. The number of nitrogens with two attached hydrogens (primary N) is 1. The summed E-state index contributed by atoms with van der Waals surface area (Å²) in [5.41, 5.74) is 6.45. The van der Waals surface area contributed by atoms with E-state index >= 15 is 0 Å². The number of hydrogen-bond donors (Lipinski definition) is 1. The lowest BCUT2D eigenvalue weighted by molar-refractivity contribution is 0.154. The van der Waals surface area contributed by atoms with Crippen LogP contribution in [-0.4, -0.2) is 36.3 Å². The first-order valence-electron chi connectivity index (χ1n) is 5.77. The molecule has 0 aromatic carbocycles. The highest BCUT2D eigenvalue weighted by atomic mass is 32.1. The fourth-order valence-electron chi connectivity index (χ4n) is 1.50. The molecule has 0 aliphatic carbocycles. The van der Waals surface area contributed by atoms with E-state index in [1.165, 1.54) is 0 Å². The fourth-order valence-corrected chi connectivity index (χ4v) is 1.63. The van der Waals surface area contributed by atoms with E-state index in [2.05, 4.69) is 16.8 Å². The van der Waals surface area contributed by atoms with Gasteiger partial charge in [-0.2, -0.15) is 0 Å². The Balaban J connectivity index is 2.73. The van der Waals surface area contributed by atoms with Crippen molar-refractivity contribution in [2.75, 3.05) is 31.2 Å². The molecule has 0 unspecified atom stereocenters. The molecule has 0 aliphatic heterocycles. The minimum Gasteiger partial charge on any atom is -0.389 e. The van der Waals surface area contributed by atoms with Gasteiger partial charge in [0.25, 0.3) is 0 Å². The lowest BCUT2D eigenvalue weighted by atomic mass is 10.2. The van der Waals surface area contributed by atoms with E-state index in [0.29, 0.717) is 11.6 Å². The summed E-state index contributed by atoms with van der Waals surface area (Å²) in [4.78, 5) is 6.86. The molecule has 2 N–H and O–H groups in total. The molecule has 1 aromatic rings. The Morgan fingerprint density at radius 2 is 2.29 bits per heavy atom. The molecule has 0 saturated heterocycles. The molecule has 4 nitrogen and oxygen atoms in total. The molecule has 0 saturated carbocycles. The third-order valence-electron chi connectivity index (χ3n) is 2.45. The second kappa shape index (κ2) is 7.19. The van der Waals surface area contributed by atoms with E-state index < -0.39 is 0 Å². The van der Waals surface area contributed by atoms with Crippen molar-refractivity contribution in [1.82, 2.24) is 4.98 Å². The van der Waals surface area contributed by atoms with E-state index in [1.807, 2.05) is 19.1 Å². The fraction of sp³-hybridized carbons (Fsp3) is 0.500. The Morgan fingerprint density at radius 3 is 2.88 bits per heavy atom. The maximum absolute atomic E-state index is 5.61. The Hall–Kier alpha value is -1.20. The lowest BCUT2D eigenvalue weighted by Crippen LogP contribution is -2.28. The number of hydrogen-bond acceptors (Lipinski definition) is 4. The zero-order valence-corrected chi connectivity index (χ0v) is 11.2. The van der Waals surface area contributed by atoms with Crippen LogP contribution >= 0.6 is 12.2 Å². The zero-order chi connectivity index (χ0) is 12.7. The van der Waals surface area contributed by atoms with Crippen LogP contribution in [0.5, 0.6) is 0 Å². The van der Waals surface area contributed by atoms with Crippen LogP contribution in [0.15, 0.2) is 18.3 Å². The van der Waals surface area contributed by atoms with Crippen LogP contribution in [0.1, 0.15) is 19.4 Å². The molecule has 0 fully saturated rings. The van der Waals surface area contributed by atoms with Crippen LogP contribution in [0.25, 0.3) is 0 Å². The van der Waals surface area contributed by atoms with E-state index in [4.69, 9.17) is 22.7 Å². The molecule has 1 heterocycles. The number of pyridine rings is 1. The molecule has 0 radical (unpaired) electrons. The van der Waals surface area contributed by atoms with Crippen LogP contribution in [0, 0.1) is 0 Å². The third kappa shape index (κ3) is 4.28. The molecule has 0 spiro atoms. The second-order valence-electron chi connectivity index (χ2n) is 3.54. The molecule has 0 aliphatic rings. The van der Waals surface area contributed by atoms with Crippen molar-refractivity contribution >= 4 is 23.0 Å². The number of anilines is 1. The van der Waals surface area contributed by atoms with E-state index in [0.717, 1.165) is 31.1 Å². The quantitative estimate of drug-likeness (QED) is 0.590. The highest BCUT2D eigenvalue weighted by molar-refractivity contribution is 7.80. The van der Waals surface area contributed by atoms with Gasteiger partial charge in [0.2, 0.25) is 0 Å². The van der Waals surface area contributed by atoms with Crippen LogP contribution < -0.4 is 10.6 Å². The monoisotopic (exact) mass is 253 g/mol. The lowest BCUT2D eigenvalue weighted by Gasteiger charge is -2.22. The first kappa shape index (κ1) is 13.9. The summed E-state index contributed by atoms with van der Waals surface area (Å²) in [6, 6.07) is 3.74. The van der Waals surface area contributed by atoms with Crippen LogP contribution in [-0.2, 0) is 4.74 Å². The van der Waals surface area contributed by atoms with Crippen molar-refractivity contribution in [3.05, 3.63) is 23.9 Å². The Morgan fingerprint density at radius 1 is 1.53 bits per heavy atom. The highest BCUT2D eigenvalue weighted by Crippen LogP contribution is 2.12. The minimum absolute atomic E-state index is 0.398. The number of ether oxygens (including phenoxy) is 1. The van der Waals surface area contributed by atoms with Crippen molar-refractivity contribution in [3.63, 3.8) is 0 Å². The van der Waals surface area contributed by atoms with Crippen molar-refractivity contribution in [2.45, 2.75) is 13.8 Å². The molecule has 1 aromatic heterocycles. The summed E-state index contributed by atoms with van der Waals surface area (Å²) in [5, 5.41) is 0. The molecule has 5 heteroatoms. The SMILES string of the molecule is CCOCCN(CC)c1cc(C(N)=S)ccn1. The van der Waals surface area contributed by atoms with Gasteiger partial charge in [-0.15, -0.1) is 0 Å². The van der Waals surface area contributed by atoms with Crippen LogP contribution in [0.2, 0.25) is 0 Å². The van der Waals surface area contributed by atoms with Crippen molar-refractivity contribution in [2.24, 2.45) is 5.73 Å². The molecule has 0 atom stereocenters. The summed E-state index contributed by atoms with van der Waals surface area (Å²) in [5.74, 6) is 0.887. The largest absolute Gasteiger partial charge is 0.389 e. The van der Waals surface area contributed by atoms with Crippen molar-refractivity contribution in [3.8, 4) is 0 Å². The first-order chi connectivity index (χ1) is 8.19. The van der Waals surface area contributed by atoms with E-state index in [-0.39, 0.29) is 0 Å². The number of nitrogens with zero attached hydrogens (tertiary/aromatic N) is 2. The molecular weight excluding hydrogens is 234 g/mol. The van der Waals surface area contributed by atoms with Gasteiger partial charge in [-0.25, -0.2) is 4.98 Å². The maximum atomic E-state index is 5.61. The minimum atomic E-state index is 0.398. The topological polar surface area (TPSA) is 51.4 Å². The van der Waals surface area contributed by atoms with Gasteiger partial charge in [-0.05, 0) is 26.0 Å². The Kier molecular flexibility index (Phi) is 5.86. The van der Waals surface area contributed by atoms with E-state index in [1.54, 1.807) is 6.20 Å². The molecule has 0 bridgehead atoms. The van der Waals surface area contributed by atoms with E-state index in [9.17, 15) is 0 Å². The van der Waals surface area contributed by atoms with Gasteiger partial charge in [0.15, 0.2) is 0 Å². The second-order valence-corrected chi connectivity index (χ2v) is 3.98. The molecule has 94 valence electrons. The number of likely N-dealkylation sites (N-methyl/N-ethyl adjacent to an activating group) is 1. The van der Waals surface area contributed by atoms with Crippen molar-refractivity contribution < 1.29 is 4.74 Å². The summed E-state index contributed by atoms with van der Waals surface area (Å²) >= 11 is 4.96. The van der Waals surface area contributed by atoms with Gasteiger partial charge < -0.3 is 15.4 Å². The van der Waals surface area contributed by atoms with Crippen molar-refractivity contribution in [1.29, 1.82) is 0 Å². The van der Waals surface area contributed by atoms with Gasteiger partial charge in [-0.3, -0.25) is 0 Å². The first-order valence-corrected chi connectivity index (χ1v) is 6.18. The van der Waals surface area contributed by atoms with Gasteiger partial charge in [-0.1, -0.05) is 12.2 Å². The number of rotatable bonds is 7. The van der Waals surface area contributed by atoms with Gasteiger partial charge in [0.1, 0.15) is 10.8 Å². The Labute approximate surface area is 108 Å². The molecule has 17 heavy (non-hydrogen) atoms. The smallest absolute Gasteiger partial charge is 0.129 e. The van der Waals surface area contributed by atoms with Crippen LogP contribution in [0.3, 0.4) is 0 Å². The maximum Gasteiger partial charge on any atom is 0.129 e. The average Bonchev–Trinajstić information content (AvgIpc) is 2.35.